The Kier molecular flexibility index (Phi) is 6.02. The Hall–Kier alpha value is -2.28. The molecule has 0 saturated heterocycles. The number of aryl methyl sites for hydroxylation is 1. The van der Waals surface area contributed by atoms with Gasteiger partial charge in [0.1, 0.15) is 5.69 Å². The van der Waals surface area contributed by atoms with E-state index in [2.05, 4.69) is 20.4 Å². The molecule has 2 heterocycles. The van der Waals surface area contributed by atoms with Gasteiger partial charge in [0.15, 0.2) is 0 Å². The summed E-state index contributed by atoms with van der Waals surface area (Å²) in [5.74, 6) is 0.659. The summed E-state index contributed by atoms with van der Waals surface area (Å²) < 4.78 is 5.10. The molecule has 2 aromatic rings. The minimum atomic E-state index is -0.492. The maximum Gasteiger partial charge on any atom is 0.227 e. The standard InChI is InChI=1S/C15H20N4O3/c1-2-5-11(20)10-17-13(21)7-8-14-18-15(19-22-14)12-6-3-4-9-16-12/h3-4,6,9,11,20H,2,5,7-8,10H2,1H3,(H,17,21). The average Bonchev–Trinajstić information content (AvgIpc) is 3.01. The topological polar surface area (TPSA) is 101 Å². The summed E-state index contributed by atoms with van der Waals surface area (Å²) in [6.07, 6.45) is 3.32. The number of pyridine rings is 1. The summed E-state index contributed by atoms with van der Waals surface area (Å²) in [7, 11) is 0. The van der Waals surface area contributed by atoms with Crippen LogP contribution in [0.4, 0.5) is 0 Å². The number of aromatic nitrogens is 3. The fourth-order valence-corrected chi connectivity index (χ4v) is 1.93. The van der Waals surface area contributed by atoms with Crippen molar-refractivity contribution in [2.24, 2.45) is 0 Å². The molecule has 0 saturated carbocycles. The predicted molar refractivity (Wildman–Crippen MR) is 79.8 cm³/mol. The molecule has 2 N–H and O–H groups in total. The number of hydrogen-bond acceptors (Lipinski definition) is 6. The number of aliphatic hydroxyl groups is 1. The third-order valence-corrected chi connectivity index (χ3v) is 3.08. The normalized spacial score (nSPS) is 12.1. The fraction of sp³-hybridized carbons (Fsp3) is 0.467. The number of rotatable bonds is 8. The van der Waals surface area contributed by atoms with Crippen LogP contribution in [0.15, 0.2) is 28.9 Å². The van der Waals surface area contributed by atoms with Crippen molar-refractivity contribution in [3.05, 3.63) is 30.3 Å². The second kappa shape index (κ2) is 8.23. The number of amides is 1. The molecule has 7 nitrogen and oxygen atoms in total. The average molecular weight is 304 g/mol. The lowest BCUT2D eigenvalue weighted by molar-refractivity contribution is -0.121. The molecule has 0 aliphatic rings. The summed E-state index contributed by atoms with van der Waals surface area (Å²) in [6, 6.07) is 5.44. The Morgan fingerprint density at radius 1 is 1.45 bits per heavy atom. The minimum Gasteiger partial charge on any atom is -0.391 e. The van der Waals surface area contributed by atoms with Crippen molar-refractivity contribution >= 4 is 5.91 Å². The van der Waals surface area contributed by atoms with Crippen molar-refractivity contribution in [1.82, 2.24) is 20.4 Å². The molecule has 2 rings (SSSR count). The largest absolute Gasteiger partial charge is 0.391 e. The van der Waals surface area contributed by atoms with Gasteiger partial charge in [-0.3, -0.25) is 9.78 Å². The third kappa shape index (κ3) is 4.92. The van der Waals surface area contributed by atoms with Crippen molar-refractivity contribution in [2.45, 2.75) is 38.7 Å². The van der Waals surface area contributed by atoms with Gasteiger partial charge in [-0.25, -0.2) is 0 Å². The van der Waals surface area contributed by atoms with Crippen LogP contribution >= 0.6 is 0 Å². The number of carbonyl (C=O) groups is 1. The molecule has 7 heteroatoms. The highest BCUT2D eigenvalue weighted by Crippen LogP contribution is 2.12. The smallest absolute Gasteiger partial charge is 0.227 e. The van der Waals surface area contributed by atoms with E-state index in [4.69, 9.17) is 4.52 Å². The summed E-state index contributed by atoms with van der Waals surface area (Å²) in [5.41, 5.74) is 0.629. The molecular weight excluding hydrogens is 284 g/mol. The Morgan fingerprint density at radius 2 is 2.32 bits per heavy atom. The van der Waals surface area contributed by atoms with E-state index in [9.17, 15) is 9.90 Å². The van der Waals surface area contributed by atoms with Crippen molar-refractivity contribution in [3.63, 3.8) is 0 Å². The molecule has 1 atom stereocenters. The van der Waals surface area contributed by atoms with Gasteiger partial charge in [0.2, 0.25) is 17.6 Å². The van der Waals surface area contributed by atoms with E-state index in [-0.39, 0.29) is 18.9 Å². The lowest BCUT2D eigenvalue weighted by Gasteiger charge is -2.09. The number of hydrogen-bond donors (Lipinski definition) is 2. The second-order valence-electron chi connectivity index (χ2n) is 4.97. The van der Waals surface area contributed by atoms with E-state index in [0.717, 1.165) is 6.42 Å². The van der Waals surface area contributed by atoms with Gasteiger partial charge >= 0.3 is 0 Å². The molecule has 118 valence electrons. The second-order valence-corrected chi connectivity index (χ2v) is 4.97. The van der Waals surface area contributed by atoms with Gasteiger partial charge < -0.3 is 14.9 Å². The molecule has 0 aromatic carbocycles. The van der Waals surface area contributed by atoms with Crippen LogP contribution in [0.25, 0.3) is 11.5 Å². The van der Waals surface area contributed by atoms with Crippen LogP contribution in [0.1, 0.15) is 32.1 Å². The highest BCUT2D eigenvalue weighted by Gasteiger charge is 2.12. The van der Waals surface area contributed by atoms with Crippen LogP contribution in [-0.4, -0.2) is 38.8 Å². The molecule has 0 bridgehead atoms. The Balaban J connectivity index is 1.78. The molecule has 2 aromatic heterocycles. The zero-order valence-electron chi connectivity index (χ0n) is 12.5. The molecular formula is C15H20N4O3. The van der Waals surface area contributed by atoms with Crippen LogP contribution in [0, 0.1) is 0 Å². The third-order valence-electron chi connectivity index (χ3n) is 3.08. The Bertz CT molecular complexity index is 585. The first-order valence-corrected chi connectivity index (χ1v) is 7.37. The van der Waals surface area contributed by atoms with E-state index in [0.29, 0.717) is 30.3 Å². The van der Waals surface area contributed by atoms with E-state index >= 15 is 0 Å². The number of nitrogens with one attached hydrogen (secondary N) is 1. The molecule has 0 aliphatic heterocycles. The molecule has 1 unspecified atom stereocenters. The van der Waals surface area contributed by atoms with Crippen LogP contribution < -0.4 is 5.32 Å². The van der Waals surface area contributed by atoms with E-state index in [1.165, 1.54) is 0 Å². The first-order valence-electron chi connectivity index (χ1n) is 7.37. The highest BCUT2D eigenvalue weighted by molar-refractivity contribution is 5.76. The van der Waals surface area contributed by atoms with E-state index in [1.807, 2.05) is 19.1 Å². The zero-order chi connectivity index (χ0) is 15.8. The molecule has 1 amide bonds. The summed E-state index contributed by atoms with van der Waals surface area (Å²) in [5, 5.41) is 16.1. The maximum atomic E-state index is 11.7. The zero-order valence-corrected chi connectivity index (χ0v) is 12.5. The molecule has 0 aliphatic carbocycles. The maximum absolute atomic E-state index is 11.7. The van der Waals surface area contributed by atoms with Gasteiger partial charge in [-0.05, 0) is 18.6 Å². The van der Waals surface area contributed by atoms with Gasteiger partial charge in [-0.15, -0.1) is 0 Å². The SMILES string of the molecule is CCCC(O)CNC(=O)CCc1nc(-c2ccccn2)no1. The van der Waals surface area contributed by atoms with E-state index in [1.54, 1.807) is 12.3 Å². The van der Waals surface area contributed by atoms with E-state index < -0.39 is 6.10 Å². The van der Waals surface area contributed by atoms with Crippen LogP contribution in [0.5, 0.6) is 0 Å². The minimum absolute atomic E-state index is 0.146. The Labute approximate surface area is 128 Å². The van der Waals surface area contributed by atoms with Crippen LogP contribution in [0.3, 0.4) is 0 Å². The quantitative estimate of drug-likeness (QED) is 0.763. The molecule has 22 heavy (non-hydrogen) atoms. The summed E-state index contributed by atoms with van der Waals surface area (Å²) in [4.78, 5) is 20.0. The van der Waals surface area contributed by atoms with Crippen molar-refractivity contribution in [2.75, 3.05) is 6.54 Å². The monoisotopic (exact) mass is 304 g/mol. The lowest BCUT2D eigenvalue weighted by atomic mass is 10.2. The van der Waals surface area contributed by atoms with Gasteiger partial charge in [-0.1, -0.05) is 24.6 Å². The first-order chi connectivity index (χ1) is 10.7. The lowest BCUT2D eigenvalue weighted by Crippen LogP contribution is -2.32. The van der Waals surface area contributed by atoms with Gasteiger partial charge in [0.25, 0.3) is 0 Å². The molecule has 0 fully saturated rings. The van der Waals surface area contributed by atoms with Crippen molar-refractivity contribution in [1.29, 1.82) is 0 Å². The van der Waals surface area contributed by atoms with Crippen molar-refractivity contribution in [3.8, 4) is 11.5 Å². The Morgan fingerprint density at radius 3 is 3.05 bits per heavy atom. The van der Waals surface area contributed by atoms with Gasteiger partial charge in [0, 0.05) is 25.6 Å². The van der Waals surface area contributed by atoms with Crippen LogP contribution in [0.2, 0.25) is 0 Å². The fourth-order valence-electron chi connectivity index (χ4n) is 1.93. The number of nitrogens with zero attached hydrogens (tertiary/aromatic N) is 3. The number of carbonyl (C=O) groups excluding carboxylic acids is 1. The van der Waals surface area contributed by atoms with Gasteiger partial charge in [0.05, 0.1) is 6.10 Å². The summed E-state index contributed by atoms with van der Waals surface area (Å²) in [6.45, 7) is 2.26. The van der Waals surface area contributed by atoms with Crippen LogP contribution in [-0.2, 0) is 11.2 Å². The number of aliphatic hydroxyl groups excluding tert-OH is 1. The molecule has 0 spiro atoms. The highest BCUT2D eigenvalue weighted by atomic mass is 16.5. The van der Waals surface area contributed by atoms with Crippen molar-refractivity contribution < 1.29 is 14.4 Å². The summed E-state index contributed by atoms with van der Waals surface area (Å²) >= 11 is 0. The first kappa shape index (κ1) is 16.1. The van der Waals surface area contributed by atoms with Gasteiger partial charge in [-0.2, -0.15) is 4.98 Å². The predicted octanol–water partition coefficient (Wildman–Crippen LogP) is 1.34. The molecule has 0 radical (unpaired) electrons.